The summed E-state index contributed by atoms with van der Waals surface area (Å²) in [6, 6.07) is 4.53. The molecule has 0 spiro atoms. The van der Waals surface area contributed by atoms with Crippen LogP contribution in [0.3, 0.4) is 0 Å². The van der Waals surface area contributed by atoms with Gasteiger partial charge in [0.15, 0.2) is 0 Å². The van der Waals surface area contributed by atoms with Crippen LogP contribution in [0.1, 0.15) is 12.8 Å². The van der Waals surface area contributed by atoms with E-state index >= 15 is 0 Å². The number of sulfonamides is 1. The van der Waals surface area contributed by atoms with E-state index in [1.165, 1.54) is 12.1 Å². The molecule has 0 unspecified atom stereocenters. The van der Waals surface area contributed by atoms with Crippen molar-refractivity contribution in [1.29, 1.82) is 0 Å². The van der Waals surface area contributed by atoms with Gasteiger partial charge in [-0.15, -0.1) is 0 Å². The molecule has 0 aromatic heterocycles. The van der Waals surface area contributed by atoms with Gasteiger partial charge in [-0.25, -0.2) is 13.1 Å². The molecule has 1 fully saturated rings. The molecule has 1 aromatic rings. The Kier molecular flexibility index (Phi) is 3.90. The monoisotopic (exact) mass is 309 g/mol. The number of rotatable bonds is 5. The average Bonchev–Trinajstić information content (AvgIpc) is 3.07. The topological polar surface area (TPSA) is 66.4 Å². The molecule has 2 N–H and O–H groups in total. The molecule has 1 aliphatic rings. The molecular formula is C11H13Cl2NO3S. The van der Waals surface area contributed by atoms with Crippen molar-refractivity contribution in [2.45, 2.75) is 17.7 Å². The van der Waals surface area contributed by atoms with Gasteiger partial charge in [-0.3, -0.25) is 0 Å². The van der Waals surface area contributed by atoms with Crippen molar-refractivity contribution in [3.8, 4) is 0 Å². The van der Waals surface area contributed by atoms with Gasteiger partial charge in [-0.05, 0) is 25.0 Å². The molecule has 0 amide bonds. The Bertz CT molecular complexity index is 535. The summed E-state index contributed by atoms with van der Waals surface area (Å²) < 4.78 is 26.7. The van der Waals surface area contributed by atoms with E-state index in [9.17, 15) is 8.42 Å². The summed E-state index contributed by atoms with van der Waals surface area (Å²) in [6.45, 7) is 0.180. The minimum absolute atomic E-state index is 0.0220. The molecule has 0 aliphatic heterocycles. The van der Waals surface area contributed by atoms with Crippen molar-refractivity contribution in [2.24, 2.45) is 5.41 Å². The molecule has 1 saturated carbocycles. The first-order valence-corrected chi connectivity index (χ1v) is 7.69. The molecule has 0 radical (unpaired) electrons. The van der Waals surface area contributed by atoms with E-state index in [0.717, 1.165) is 12.8 Å². The van der Waals surface area contributed by atoms with Crippen LogP contribution in [0.2, 0.25) is 10.0 Å². The van der Waals surface area contributed by atoms with Crippen molar-refractivity contribution in [2.75, 3.05) is 13.2 Å². The third-order valence-corrected chi connectivity index (χ3v) is 5.47. The number of hydrogen-bond acceptors (Lipinski definition) is 3. The van der Waals surface area contributed by atoms with Crippen molar-refractivity contribution in [3.05, 3.63) is 28.2 Å². The summed E-state index contributed by atoms with van der Waals surface area (Å²) in [5, 5.41) is 9.32. The Morgan fingerprint density at radius 2 is 1.83 bits per heavy atom. The maximum absolute atomic E-state index is 12.1. The number of nitrogens with one attached hydrogen (secondary N) is 1. The van der Waals surface area contributed by atoms with E-state index in [1.54, 1.807) is 6.07 Å². The van der Waals surface area contributed by atoms with Crippen LogP contribution in [0.15, 0.2) is 23.1 Å². The molecule has 18 heavy (non-hydrogen) atoms. The number of benzene rings is 1. The molecule has 0 atom stereocenters. The zero-order valence-electron chi connectivity index (χ0n) is 9.49. The fourth-order valence-corrected chi connectivity index (χ4v) is 3.92. The normalized spacial score (nSPS) is 17.7. The summed E-state index contributed by atoms with van der Waals surface area (Å²) in [6.07, 6.45) is 1.64. The second kappa shape index (κ2) is 4.98. The highest BCUT2D eigenvalue weighted by molar-refractivity contribution is 7.89. The molecule has 100 valence electrons. The van der Waals surface area contributed by atoms with Crippen LogP contribution in [-0.4, -0.2) is 26.7 Å². The molecule has 1 aromatic carbocycles. The third kappa shape index (κ3) is 2.81. The van der Waals surface area contributed by atoms with Crippen LogP contribution in [0, 0.1) is 5.41 Å². The maximum atomic E-state index is 12.1. The standard InChI is InChI=1S/C11H13Cl2NO3S/c12-8-2-1-3-9(13)10(8)18(16,17)14-6-11(7-15)4-5-11/h1-3,14-15H,4-7H2. The largest absolute Gasteiger partial charge is 0.396 e. The predicted octanol–water partition coefficient (Wildman–Crippen LogP) is 2.04. The van der Waals surface area contributed by atoms with Crippen LogP contribution >= 0.6 is 23.2 Å². The lowest BCUT2D eigenvalue weighted by atomic mass is 10.1. The van der Waals surface area contributed by atoms with Crippen molar-refractivity contribution in [1.82, 2.24) is 4.72 Å². The van der Waals surface area contributed by atoms with Crippen LogP contribution in [0.5, 0.6) is 0 Å². The number of aliphatic hydroxyl groups is 1. The first-order chi connectivity index (χ1) is 8.40. The van der Waals surface area contributed by atoms with Crippen molar-refractivity contribution >= 4 is 33.2 Å². The summed E-state index contributed by atoms with van der Waals surface area (Å²) in [5.74, 6) is 0. The highest BCUT2D eigenvalue weighted by Crippen LogP contribution is 2.44. The Hall–Kier alpha value is -0.330. The van der Waals surface area contributed by atoms with Crippen LogP contribution < -0.4 is 4.72 Å². The maximum Gasteiger partial charge on any atom is 0.243 e. The van der Waals surface area contributed by atoms with Gasteiger partial charge < -0.3 is 5.11 Å². The third-order valence-electron chi connectivity index (χ3n) is 3.12. The van der Waals surface area contributed by atoms with E-state index in [2.05, 4.69) is 4.72 Å². The lowest BCUT2D eigenvalue weighted by Gasteiger charge is -2.14. The predicted molar refractivity (Wildman–Crippen MR) is 70.4 cm³/mol. The number of halogens is 2. The molecule has 0 saturated heterocycles. The SMILES string of the molecule is O=S(=O)(NCC1(CO)CC1)c1c(Cl)cccc1Cl. The zero-order chi connectivity index (χ0) is 13.4. The second-order valence-electron chi connectivity index (χ2n) is 4.53. The smallest absolute Gasteiger partial charge is 0.243 e. The van der Waals surface area contributed by atoms with E-state index in [1.807, 2.05) is 0 Å². The Balaban J connectivity index is 2.21. The lowest BCUT2D eigenvalue weighted by Crippen LogP contribution is -2.32. The number of aliphatic hydroxyl groups excluding tert-OH is 1. The van der Waals surface area contributed by atoms with Crippen LogP contribution in [0.25, 0.3) is 0 Å². The molecule has 2 rings (SSSR count). The van der Waals surface area contributed by atoms with Crippen molar-refractivity contribution < 1.29 is 13.5 Å². The lowest BCUT2D eigenvalue weighted by molar-refractivity contribution is 0.213. The van der Waals surface area contributed by atoms with Crippen LogP contribution in [-0.2, 0) is 10.0 Å². The van der Waals surface area contributed by atoms with E-state index in [-0.39, 0.29) is 33.5 Å². The molecule has 4 nitrogen and oxygen atoms in total. The quantitative estimate of drug-likeness (QED) is 0.874. The van der Waals surface area contributed by atoms with Gasteiger partial charge in [0, 0.05) is 18.6 Å². The first-order valence-electron chi connectivity index (χ1n) is 5.45. The highest BCUT2D eigenvalue weighted by atomic mass is 35.5. The minimum Gasteiger partial charge on any atom is -0.396 e. The summed E-state index contributed by atoms with van der Waals surface area (Å²) in [7, 11) is -3.75. The first kappa shape index (κ1) is 14.1. The Morgan fingerprint density at radius 1 is 1.28 bits per heavy atom. The Labute approximate surface area is 116 Å². The minimum atomic E-state index is -3.75. The van der Waals surface area contributed by atoms with E-state index in [4.69, 9.17) is 28.3 Å². The Morgan fingerprint density at radius 3 is 2.28 bits per heavy atom. The second-order valence-corrected chi connectivity index (χ2v) is 7.05. The summed E-state index contributed by atoms with van der Waals surface area (Å²) in [5.41, 5.74) is -0.305. The number of hydrogen-bond donors (Lipinski definition) is 2. The van der Waals surface area contributed by atoms with Crippen LogP contribution in [0.4, 0.5) is 0 Å². The van der Waals surface area contributed by atoms with Gasteiger partial charge in [0.1, 0.15) is 4.90 Å². The summed E-state index contributed by atoms with van der Waals surface area (Å²) in [4.78, 5) is -0.109. The van der Waals surface area contributed by atoms with E-state index in [0.29, 0.717) is 0 Å². The van der Waals surface area contributed by atoms with Gasteiger partial charge in [0.2, 0.25) is 10.0 Å². The van der Waals surface area contributed by atoms with Gasteiger partial charge in [0.05, 0.1) is 10.0 Å². The molecule has 0 bridgehead atoms. The molecule has 7 heteroatoms. The fourth-order valence-electron chi connectivity index (χ4n) is 1.63. The summed E-state index contributed by atoms with van der Waals surface area (Å²) >= 11 is 11.7. The fraction of sp³-hybridized carbons (Fsp3) is 0.455. The van der Waals surface area contributed by atoms with Gasteiger partial charge in [0.25, 0.3) is 0 Å². The van der Waals surface area contributed by atoms with Gasteiger partial charge >= 0.3 is 0 Å². The van der Waals surface area contributed by atoms with Gasteiger partial charge in [-0.1, -0.05) is 29.3 Å². The van der Waals surface area contributed by atoms with Crippen molar-refractivity contribution in [3.63, 3.8) is 0 Å². The van der Waals surface area contributed by atoms with E-state index < -0.39 is 10.0 Å². The molecule has 1 aliphatic carbocycles. The molecule has 0 heterocycles. The zero-order valence-corrected chi connectivity index (χ0v) is 11.8. The highest BCUT2D eigenvalue weighted by Gasteiger charge is 2.42. The van der Waals surface area contributed by atoms with Gasteiger partial charge in [-0.2, -0.15) is 0 Å². The average molecular weight is 310 g/mol. The molecular weight excluding hydrogens is 297 g/mol.